The molecule has 19 heavy (non-hydrogen) atoms. The number of esters is 1. The SMILES string of the molecule is CC(C)(C)NC[C@@H](O)COC(=O)c1ccc(F)cc1. The number of aliphatic hydroxyl groups is 1. The van der Waals surface area contributed by atoms with Crippen LogP contribution in [0.5, 0.6) is 0 Å². The van der Waals surface area contributed by atoms with Gasteiger partial charge in [0.2, 0.25) is 0 Å². The number of carbonyl (C=O) groups excluding carboxylic acids is 1. The first-order valence-corrected chi connectivity index (χ1v) is 6.14. The van der Waals surface area contributed by atoms with E-state index in [4.69, 9.17) is 4.74 Å². The molecular weight excluding hydrogens is 249 g/mol. The number of hydrogen-bond donors (Lipinski definition) is 2. The minimum atomic E-state index is -0.774. The molecule has 0 fully saturated rings. The number of hydrogen-bond acceptors (Lipinski definition) is 4. The largest absolute Gasteiger partial charge is 0.459 e. The summed E-state index contributed by atoms with van der Waals surface area (Å²) in [6.45, 7) is 6.16. The van der Waals surface area contributed by atoms with Gasteiger partial charge in [-0.1, -0.05) is 0 Å². The molecule has 0 radical (unpaired) electrons. The average molecular weight is 269 g/mol. The van der Waals surface area contributed by atoms with Crippen LogP contribution in [0.1, 0.15) is 31.1 Å². The molecule has 0 saturated heterocycles. The highest BCUT2D eigenvalue weighted by atomic mass is 19.1. The van der Waals surface area contributed by atoms with E-state index in [0.717, 1.165) is 0 Å². The summed E-state index contributed by atoms with van der Waals surface area (Å²) in [5, 5.41) is 12.8. The van der Waals surface area contributed by atoms with Crippen molar-refractivity contribution in [3.8, 4) is 0 Å². The molecular formula is C14H20FNO3. The van der Waals surface area contributed by atoms with Crippen molar-refractivity contribution in [3.05, 3.63) is 35.6 Å². The Balaban J connectivity index is 2.36. The Morgan fingerprint density at radius 2 is 1.95 bits per heavy atom. The molecule has 1 aromatic rings. The number of ether oxygens (including phenoxy) is 1. The Bertz CT molecular complexity index is 412. The van der Waals surface area contributed by atoms with Crippen LogP contribution >= 0.6 is 0 Å². The molecule has 4 nitrogen and oxygen atoms in total. The smallest absolute Gasteiger partial charge is 0.338 e. The van der Waals surface area contributed by atoms with E-state index in [0.29, 0.717) is 6.54 Å². The maximum Gasteiger partial charge on any atom is 0.338 e. The lowest BCUT2D eigenvalue weighted by molar-refractivity contribution is 0.0247. The summed E-state index contributed by atoms with van der Waals surface area (Å²) in [6, 6.07) is 5.07. The minimum Gasteiger partial charge on any atom is -0.459 e. The van der Waals surface area contributed by atoms with Gasteiger partial charge in [0.15, 0.2) is 0 Å². The maximum absolute atomic E-state index is 12.7. The van der Waals surface area contributed by atoms with Gasteiger partial charge < -0.3 is 15.2 Å². The van der Waals surface area contributed by atoms with Crippen molar-refractivity contribution in [3.63, 3.8) is 0 Å². The van der Waals surface area contributed by atoms with E-state index < -0.39 is 17.9 Å². The standard InChI is InChI=1S/C14H20FNO3/c1-14(2,3)16-8-12(17)9-19-13(18)10-4-6-11(15)7-5-10/h4-7,12,16-17H,8-9H2,1-3H3/t12-/m1/s1. The minimum absolute atomic E-state index is 0.0979. The van der Waals surface area contributed by atoms with Gasteiger partial charge in [0.1, 0.15) is 18.5 Å². The van der Waals surface area contributed by atoms with E-state index in [1.54, 1.807) is 0 Å². The fourth-order valence-corrected chi connectivity index (χ4v) is 1.32. The monoisotopic (exact) mass is 269 g/mol. The van der Waals surface area contributed by atoms with Crippen LogP contribution in [-0.4, -0.2) is 35.9 Å². The zero-order chi connectivity index (χ0) is 14.5. The van der Waals surface area contributed by atoms with Gasteiger partial charge in [0.25, 0.3) is 0 Å². The van der Waals surface area contributed by atoms with Gasteiger partial charge in [-0.2, -0.15) is 0 Å². The lowest BCUT2D eigenvalue weighted by Crippen LogP contribution is -2.42. The van der Waals surface area contributed by atoms with Crippen molar-refractivity contribution in [2.45, 2.75) is 32.4 Å². The van der Waals surface area contributed by atoms with Gasteiger partial charge in [-0.15, -0.1) is 0 Å². The van der Waals surface area contributed by atoms with Crippen molar-refractivity contribution >= 4 is 5.97 Å². The van der Waals surface area contributed by atoms with Crippen LogP contribution in [0.3, 0.4) is 0 Å². The summed E-state index contributed by atoms with van der Waals surface area (Å²) in [4.78, 5) is 11.6. The molecule has 0 aliphatic rings. The molecule has 1 aromatic carbocycles. The summed E-state index contributed by atoms with van der Waals surface area (Å²) >= 11 is 0. The number of rotatable bonds is 5. The number of carbonyl (C=O) groups is 1. The Labute approximate surface area is 112 Å². The Morgan fingerprint density at radius 3 is 2.47 bits per heavy atom. The predicted molar refractivity (Wildman–Crippen MR) is 70.4 cm³/mol. The predicted octanol–water partition coefficient (Wildman–Crippen LogP) is 1.73. The summed E-state index contributed by atoms with van der Waals surface area (Å²) in [5.74, 6) is -0.985. The van der Waals surface area contributed by atoms with Crippen LogP contribution in [0.15, 0.2) is 24.3 Å². The van der Waals surface area contributed by atoms with Crippen LogP contribution in [-0.2, 0) is 4.74 Å². The van der Waals surface area contributed by atoms with E-state index in [9.17, 15) is 14.3 Å². The summed E-state index contributed by atoms with van der Waals surface area (Å²) < 4.78 is 17.6. The third-order valence-corrected chi connectivity index (χ3v) is 2.35. The molecule has 0 saturated carbocycles. The average Bonchev–Trinajstić information content (AvgIpc) is 2.33. The first kappa shape index (κ1) is 15.6. The lowest BCUT2D eigenvalue weighted by atomic mass is 10.1. The molecule has 0 bridgehead atoms. The molecule has 0 amide bonds. The Hall–Kier alpha value is -1.46. The molecule has 0 unspecified atom stereocenters. The third kappa shape index (κ3) is 6.31. The van der Waals surface area contributed by atoms with E-state index >= 15 is 0 Å². The molecule has 5 heteroatoms. The van der Waals surface area contributed by atoms with Crippen LogP contribution in [0, 0.1) is 5.82 Å². The van der Waals surface area contributed by atoms with E-state index in [1.165, 1.54) is 24.3 Å². The second-order valence-electron chi connectivity index (χ2n) is 5.39. The van der Waals surface area contributed by atoms with E-state index in [1.807, 2.05) is 20.8 Å². The first-order valence-electron chi connectivity index (χ1n) is 6.14. The van der Waals surface area contributed by atoms with Crippen LogP contribution in [0.2, 0.25) is 0 Å². The van der Waals surface area contributed by atoms with Crippen molar-refractivity contribution in [1.82, 2.24) is 5.32 Å². The highest BCUT2D eigenvalue weighted by Gasteiger charge is 2.14. The van der Waals surface area contributed by atoms with Gasteiger partial charge in [0, 0.05) is 12.1 Å². The highest BCUT2D eigenvalue weighted by molar-refractivity contribution is 5.89. The summed E-state index contributed by atoms with van der Waals surface area (Å²) in [7, 11) is 0. The zero-order valence-electron chi connectivity index (χ0n) is 11.4. The molecule has 0 aliphatic carbocycles. The topological polar surface area (TPSA) is 58.6 Å². The number of benzene rings is 1. The van der Waals surface area contributed by atoms with Crippen molar-refractivity contribution < 1.29 is 19.0 Å². The molecule has 1 rings (SSSR count). The second-order valence-corrected chi connectivity index (χ2v) is 5.39. The fraction of sp³-hybridized carbons (Fsp3) is 0.500. The summed E-state index contributed by atoms with van der Waals surface area (Å²) in [5.41, 5.74) is 0.152. The fourth-order valence-electron chi connectivity index (χ4n) is 1.32. The molecule has 0 spiro atoms. The van der Waals surface area contributed by atoms with Gasteiger partial charge in [-0.3, -0.25) is 0 Å². The molecule has 106 valence electrons. The normalized spacial score (nSPS) is 13.1. The summed E-state index contributed by atoms with van der Waals surface area (Å²) in [6.07, 6.45) is -0.774. The van der Waals surface area contributed by atoms with E-state index in [-0.39, 0.29) is 17.7 Å². The number of β-amino-alcohol motifs (C(OH)–C–C–N with tert-alkyl or cyclic N) is 1. The number of halogens is 1. The second kappa shape index (κ2) is 6.63. The lowest BCUT2D eigenvalue weighted by Gasteiger charge is -2.22. The zero-order valence-corrected chi connectivity index (χ0v) is 11.4. The third-order valence-electron chi connectivity index (χ3n) is 2.35. The Morgan fingerprint density at radius 1 is 1.37 bits per heavy atom. The quantitative estimate of drug-likeness (QED) is 0.799. The molecule has 0 aliphatic heterocycles. The highest BCUT2D eigenvalue weighted by Crippen LogP contribution is 2.05. The molecule has 2 N–H and O–H groups in total. The van der Waals surface area contributed by atoms with Crippen LogP contribution in [0.25, 0.3) is 0 Å². The molecule has 0 heterocycles. The van der Waals surface area contributed by atoms with Crippen molar-refractivity contribution in [1.29, 1.82) is 0 Å². The number of nitrogens with one attached hydrogen (secondary N) is 1. The van der Waals surface area contributed by atoms with Crippen LogP contribution in [0.4, 0.5) is 4.39 Å². The maximum atomic E-state index is 12.7. The molecule has 0 aromatic heterocycles. The van der Waals surface area contributed by atoms with Gasteiger partial charge in [-0.25, -0.2) is 9.18 Å². The van der Waals surface area contributed by atoms with Gasteiger partial charge in [0.05, 0.1) is 5.56 Å². The van der Waals surface area contributed by atoms with Crippen LogP contribution < -0.4 is 5.32 Å². The Kier molecular flexibility index (Phi) is 5.44. The van der Waals surface area contributed by atoms with Crippen molar-refractivity contribution in [2.75, 3.05) is 13.2 Å². The van der Waals surface area contributed by atoms with E-state index in [2.05, 4.69) is 5.32 Å². The van der Waals surface area contributed by atoms with Gasteiger partial charge >= 0.3 is 5.97 Å². The number of aliphatic hydroxyl groups excluding tert-OH is 1. The van der Waals surface area contributed by atoms with Gasteiger partial charge in [-0.05, 0) is 45.0 Å². The van der Waals surface area contributed by atoms with Crippen molar-refractivity contribution in [2.24, 2.45) is 0 Å². The molecule has 1 atom stereocenters. The first-order chi connectivity index (χ1) is 8.78.